The monoisotopic (exact) mass is 688 g/mol. The lowest BCUT2D eigenvalue weighted by molar-refractivity contribution is -0.119. The molecular weight excluding hydrogens is 647 g/mol. The maximum atomic E-state index is 11.6. The van der Waals surface area contributed by atoms with Crippen molar-refractivity contribution in [3.8, 4) is 22.9 Å². The summed E-state index contributed by atoms with van der Waals surface area (Å²) >= 11 is 12.7. The Hall–Kier alpha value is -2.96. The van der Waals surface area contributed by atoms with Crippen molar-refractivity contribution in [2.75, 3.05) is 62.7 Å². The van der Waals surface area contributed by atoms with Crippen LogP contribution in [0.1, 0.15) is 32.3 Å². The van der Waals surface area contributed by atoms with Gasteiger partial charge in [0.25, 0.3) is 0 Å². The summed E-state index contributed by atoms with van der Waals surface area (Å²) in [6, 6.07) is 13.4. The largest absolute Gasteiger partial charge is 0.437 e. The van der Waals surface area contributed by atoms with Crippen LogP contribution >= 0.6 is 23.2 Å². The van der Waals surface area contributed by atoms with E-state index in [0.29, 0.717) is 39.8 Å². The summed E-state index contributed by atoms with van der Waals surface area (Å²) in [6.07, 6.45) is 5.04. The molecule has 3 aromatic rings. The molecule has 2 saturated heterocycles. The fraction of sp³-hybridized carbons (Fsp3) is 0.485. The molecule has 2 aliphatic heterocycles. The van der Waals surface area contributed by atoms with Crippen molar-refractivity contribution in [2.45, 2.75) is 39.3 Å². The molecule has 5 rings (SSSR count). The number of hydrogen-bond donors (Lipinski definition) is 1. The van der Waals surface area contributed by atoms with Crippen LogP contribution in [0.2, 0.25) is 10.0 Å². The standard InChI is InChI=1S/C33H42Cl2N6O4S/c1-23-21-40(12-13-46(3,43)44)10-11-41(23)32-5-4-30(20-37-32)45-33-15-26(14-31(38-33)27-16-28(34)18-29(35)17-27)22-39-8-6-25(7-9-39)19-36-24(2)42/h4-5,14-18,20,23,25H,6-13,19,21-22H2,1-3H3,(H,36,42)/t23-/m0/s1. The highest BCUT2D eigenvalue weighted by Gasteiger charge is 2.25. The molecule has 2 fully saturated rings. The number of anilines is 1. The van der Waals surface area contributed by atoms with E-state index in [1.54, 1.807) is 19.2 Å². The molecule has 1 amide bonds. The minimum absolute atomic E-state index is 0.0154. The molecule has 1 aromatic carbocycles. The van der Waals surface area contributed by atoms with E-state index in [4.69, 9.17) is 37.9 Å². The summed E-state index contributed by atoms with van der Waals surface area (Å²) in [4.78, 5) is 27.7. The zero-order valence-corrected chi connectivity index (χ0v) is 28.9. The third-order valence-electron chi connectivity index (χ3n) is 8.50. The summed E-state index contributed by atoms with van der Waals surface area (Å²) in [6.45, 7) is 9.89. The van der Waals surface area contributed by atoms with Crippen LogP contribution in [0.4, 0.5) is 5.82 Å². The third kappa shape index (κ3) is 10.0. The molecule has 10 nitrogen and oxygen atoms in total. The van der Waals surface area contributed by atoms with Gasteiger partial charge in [0.05, 0.1) is 17.6 Å². The van der Waals surface area contributed by atoms with Gasteiger partial charge in [0, 0.05) is 80.2 Å². The van der Waals surface area contributed by atoms with Crippen molar-refractivity contribution in [1.82, 2.24) is 25.1 Å². The predicted octanol–water partition coefficient (Wildman–Crippen LogP) is 5.15. The second kappa shape index (κ2) is 15.3. The second-order valence-corrected chi connectivity index (χ2v) is 15.6. The Morgan fingerprint density at radius 2 is 1.76 bits per heavy atom. The fourth-order valence-electron chi connectivity index (χ4n) is 6.04. The summed E-state index contributed by atoms with van der Waals surface area (Å²) in [5, 5.41) is 4.01. The Bertz CT molecular complexity index is 1600. The number of ether oxygens (including phenoxy) is 1. The van der Waals surface area contributed by atoms with Gasteiger partial charge in [-0.2, -0.15) is 0 Å². The molecule has 0 unspecified atom stereocenters. The van der Waals surface area contributed by atoms with Crippen LogP contribution in [-0.4, -0.2) is 98.0 Å². The Kier molecular flexibility index (Phi) is 11.4. The van der Waals surface area contributed by atoms with Crippen LogP contribution in [0.15, 0.2) is 48.7 Å². The lowest BCUT2D eigenvalue weighted by Crippen LogP contribution is -2.53. The van der Waals surface area contributed by atoms with Gasteiger partial charge in [0.1, 0.15) is 21.4 Å². The molecule has 0 spiro atoms. The molecule has 1 atom stereocenters. The number of halogens is 2. The van der Waals surface area contributed by atoms with Crippen LogP contribution in [0.3, 0.4) is 0 Å². The number of carbonyl (C=O) groups is 1. The van der Waals surface area contributed by atoms with E-state index in [-0.39, 0.29) is 17.7 Å². The zero-order chi connectivity index (χ0) is 32.8. The van der Waals surface area contributed by atoms with Crippen molar-refractivity contribution in [2.24, 2.45) is 5.92 Å². The molecule has 4 heterocycles. The molecule has 0 radical (unpaired) electrons. The van der Waals surface area contributed by atoms with E-state index in [1.807, 2.05) is 30.3 Å². The van der Waals surface area contributed by atoms with E-state index in [0.717, 1.165) is 75.6 Å². The highest BCUT2D eigenvalue weighted by molar-refractivity contribution is 7.90. The smallest absolute Gasteiger partial charge is 0.220 e. The number of carbonyl (C=O) groups excluding carboxylic acids is 1. The van der Waals surface area contributed by atoms with E-state index in [2.05, 4.69) is 33.0 Å². The normalized spacial score (nSPS) is 18.5. The van der Waals surface area contributed by atoms with Crippen LogP contribution < -0.4 is 15.0 Å². The number of sulfone groups is 1. The molecule has 0 aliphatic carbocycles. The van der Waals surface area contributed by atoms with Gasteiger partial charge in [-0.3, -0.25) is 14.6 Å². The van der Waals surface area contributed by atoms with Gasteiger partial charge in [-0.05, 0) is 80.7 Å². The summed E-state index contributed by atoms with van der Waals surface area (Å²) < 4.78 is 29.5. The fourth-order valence-corrected chi connectivity index (χ4v) is 7.16. The first kappa shape index (κ1) is 34.4. The number of pyridine rings is 2. The summed E-state index contributed by atoms with van der Waals surface area (Å²) in [5.41, 5.74) is 2.57. The molecule has 1 N–H and O–H groups in total. The number of rotatable bonds is 11. The Morgan fingerprint density at radius 1 is 1.02 bits per heavy atom. The lowest BCUT2D eigenvalue weighted by Gasteiger charge is -2.40. The number of likely N-dealkylation sites (tertiary alicyclic amines) is 1. The van der Waals surface area contributed by atoms with Crippen molar-refractivity contribution < 1.29 is 17.9 Å². The minimum atomic E-state index is -2.99. The van der Waals surface area contributed by atoms with Gasteiger partial charge in [-0.1, -0.05) is 23.2 Å². The van der Waals surface area contributed by atoms with Crippen LogP contribution in [0.5, 0.6) is 11.6 Å². The van der Waals surface area contributed by atoms with Gasteiger partial charge >= 0.3 is 0 Å². The van der Waals surface area contributed by atoms with Gasteiger partial charge in [-0.25, -0.2) is 18.4 Å². The number of amides is 1. The van der Waals surface area contributed by atoms with Crippen LogP contribution in [0.25, 0.3) is 11.3 Å². The Balaban J connectivity index is 1.28. The molecule has 46 heavy (non-hydrogen) atoms. The number of nitrogens with zero attached hydrogens (tertiary/aromatic N) is 5. The van der Waals surface area contributed by atoms with E-state index >= 15 is 0 Å². The first-order valence-corrected chi connectivity index (χ1v) is 18.5. The van der Waals surface area contributed by atoms with E-state index in [1.165, 1.54) is 6.26 Å². The van der Waals surface area contributed by atoms with Gasteiger partial charge in [-0.15, -0.1) is 0 Å². The number of benzene rings is 1. The van der Waals surface area contributed by atoms with Crippen LogP contribution in [0, 0.1) is 5.92 Å². The van der Waals surface area contributed by atoms with Crippen molar-refractivity contribution in [3.05, 3.63) is 64.3 Å². The SMILES string of the molecule is CC(=O)NCC1CCN(Cc2cc(Oc3ccc(N4CCN(CCS(C)(=O)=O)C[C@@H]4C)nc3)nc(-c3cc(Cl)cc(Cl)c3)c2)CC1. The number of piperazine rings is 1. The van der Waals surface area contributed by atoms with Gasteiger partial charge in [0.15, 0.2) is 0 Å². The maximum Gasteiger partial charge on any atom is 0.220 e. The average Bonchev–Trinajstić information content (AvgIpc) is 2.99. The zero-order valence-electron chi connectivity index (χ0n) is 26.6. The highest BCUT2D eigenvalue weighted by Crippen LogP contribution is 2.31. The molecule has 2 aromatic heterocycles. The minimum Gasteiger partial charge on any atom is -0.437 e. The maximum absolute atomic E-state index is 11.6. The second-order valence-electron chi connectivity index (χ2n) is 12.4. The van der Waals surface area contributed by atoms with Gasteiger partial charge < -0.3 is 15.0 Å². The van der Waals surface area contributed by atoms with E-state index < -0.39 is 9.84 Å². The average molecular weight is 690 g/mol. The van der Waals surface area contributed by atoms with Crippen molar-refractivity contribution in [1.29, 1.82) is 0 Å². The lowest BCUT2D eigenvalue weighted by atomic mass is 9.96. The van der Waals surface area contributed by atoms with Crippen LogP contribution in [-0.2, 0) is 21.2 Å². The predicted molar refractivity (Wildman–Crippen MR) is 184 cm³/mol. The number of piperidine rings is 1. The molecule has 2 aliphatic rings. The first-order chi connectivity index (χ1) is 21.9. The van der Waals surface area contributed by atoms with E-state index in [9.17, 15) is 13.2 Å². The molecule has 13 heteroatoms. The Morgan fingerprint density at radius 3 is 2.39 bits per heavy atom. The quantitative estimate of drug-likeness (QED) is 0.293. The molecular formula is C33H42Cl2N6O4S. The molecule has 0 saturated carbocycles. The van der Waals surface area contributed by atoms with Crippen molar-refractivity contribution in [3.63, 3.8) is 0 Å². The summed E-state index contributed by atoms with van der Waals surface area (Å²) in [5.74, 6) is 2.54. The topological polar surface area (TPSA) is 108 Å². The number of nitrogens with one attached hydrogen (secondary N) is 1. The highest BCUT2D eigenvalue weighted by atomic mass is 35.5. The third-order valence-corrected chi connectivity index (χ3v) is 9.86. The number of aromatic nitrogens is 2. The van der Waals surface area contributed by atoms with Crippen molar-refractivity contribution >= 4 is 44.8 Å². The molecule has 0 bridgehead atoms. The Labute approximate surface area is 282 Å². The first-order valence-electron chi connectivity index (χ1n) is 15.6. The van der Waals surface area contributed by atoms with Gasteiger partial charge in [0.2, 0.25) is 11.8 Å². The number of hydrogen-bond acceptors (Lipinski definition) is 9. The molecule has 248 valence electrons. The summed E-state index contributed by atoms with van der Waals surface area (Å²) in [7, 11) is -2.99.